The van der Waals surface area contributed by atoms with Crippen LogP contribution in [0, 0.1) is 11.6 Å². The molecule has 0 aliphatic carbocycles. The lowest BCUT2D eigenvalue weighted by molar-refractivity contribution is 0.580. The molecule has 23 heavy (non-hydrogen) atoms. The van der Waals surface area contributed by atoms with Crippen molar-refractivity contribution in [3.8, 4) is 0 Å². The standard InChI is InChI=1S/C15H14ClF2N5/c1-8(2)23-7-20-12-13(21-15(16)22-14(12)23)19-6-9-3-10(17)5-11(18)4-9/h3-5,7-8H,6H2,1-2H3,(H,19,21,22). The number of nitrogens with zero attached hydrogens (tertiary/aromatic N) is 4. The van der Waals surface area contributed by atoms with Crippen molar-refractivity contribution in [2.75, 3.05) is 5.32 Å². The van der Waals surface area contributed by atoms with E-state index >= 15 is 0 Å². The highest BCUT2D eigenvalue weighted by Gasteiger charge is 2.14. The number of imidazole rings is 1. The molecular formula is C15H14ClF2N5. The monoisotopic (exact) mass is 337 g/mol. The first kappa shape index (κ1) is 15.6. The third-order valence-corrected chi connectivity index (χ3v) is 3.50. The number of anilines is 1. The van der Waals surface area contributed by atoms with Crippen molar-refractivity contribution < 1.29 is 8.78 Å². The molecular weight excluding hydrogens is 324 g/mol. The zero-order valence-electron chi connectivity index (χ0n) is 12.5. The van der Waals surface area contributed by atoms with Gasteiger partial charge in [0.1, 0.15) is 11.6 Å². The van der Waals surface area contributed by atoms with Crippen molar-refractivity contribution in [1.82, 2.24) is 19.5 Å². The number of fused-ring (bicyclic) bond motifs is 1. The predicted molar refractivity (Wildman–Crippen MR) is 84.4 cm³/mol. The first-order valence-corrected chi connectivity index (χ1v) is 7.41. The zero-order chi connectivity index (χ0) is 16.6. The molecule has 5 nitrogen and oxygen atoms in total. The Morgan fingerprint density at radius 2 is 1.87 bits per heavy atom. The Morgan fingerprint density at radius 1 is 1.17 bits per heavy atom. The summed E-state index contributed by atoms with van der Waals surface area (Å²) >= 11 is 5.97. The molecule has 3 aromatic rings. The molecule has 0 fully saturated rings. The molecule has 3 rings (SSSR count). The summed E-state index contributed by atoms with van der Waals surface area (Å²) < 4.78 is 28.3. The fourth-order valence-corrected chi connectivity index (χ4v) is 2.45. The maximum absolute atomic E-state index is 13.2. The van der Waals surface area contributed by atoms with Crippen LogP contribution in [0.1, 0.15) is 25.5 Å². The average Bonchev–Trinajstić information content (AvgIpc) is 2.87. The normalized spacial score (nSPS) is 11.4. The minimum absolute atomic E-state index is 0.0767. The highest BCUT2D eigenvalue weighted by atomic mass is 35.5. The molecule has 0 unspecified atom stereocenters. The fraction of sp³-hybridized carbons (Fsp3) is 0.267. The van der Waals surface area contributed by atoms with Crippen molar-refractivity contribution in [2.45, 2.75) is 26.4 Å². The molecule has 1 aromatic carbocycles. The van der Waals surface area contributed by atoms with Gasteiger partial charge >= 0.3 is 0 Å². The minimum Gasteiger partial charge on any atom is -0.364 e. The molecule has 1 N–H and O–H groups in total. The van der Waals surface area contributed by atoms with Gasteiger partial charge in [0.2, 0.25) is 5.28 Å². The zero-order valence-corrected chi connectivity index (χ0v) is 13.3. The van der Waals surface area contributed by atoms with Crippen LogP contribution in [0.3, 0.4) is 0 Å². The van der Waals surface area contributed by atoms with E-state index in [9.17, 15) is 8.78 Å². The first-order chi connectivity index (χ1) is 10.9. The molecule has 2 aromatic heterocycles. The van der Waals surface area contributed by atoms with Crippen LogP contribution in [0.2, 0.25) is 5.28 Å². The van der Waals surface area contributed by atoms with Crippen LogP contribution in [0.15, 0.2) is 24.5 Å². The average molecular weight is 338 g/mol. The van der Waals surface area contributed by atoms with Crippen LogP contribution in [-0.4, -0.2) is 19.5 Å². The van der Waals surface area contributed by atoms with Gasteiger partial charge in [0, 0.05) is 18.7 Å². The summed E-state index contributed by atoms with van der Waals surface area (Å²) in [5.41, 5.74) is 1.61. The summed E-state index contributed by atoms with van der Waals surface area (Å²) in [7, 11) is 0. The van der Waals surface area contributed by atoms with Crippen molar-refractivity contribution >= 4 is 28.6 Å². The Kier molecular flexibility index (Phi) is 4.12. The van der Waals surface area contributed by atoms with E-state index in [1.165, 1.54) is 12.1 Å². The number of benzene rings is 1. The van der Waals surface area contributed by atoms with Gasteiger partial charge in [-0.1, -0.05) is 0 Å². The highest BCUT2D eigenvalue weighted by Crippen LogP contribution is 2.23. The molecule has 0 radical (unpaired) electrons. The summed E-state index contributed by atoms with van der Waals surface area (Å²) in [5.74, 6) is -0.836. The number of hydrogen-bond acceptors (Lipinski definition) is 4. The van der Waals surface area contributed by atoms with Gasteiger partial charge in [-0.25, -0.2) is 13.8 Å². The van der Waals surface area contributed by atoms with Gasteiger partial charge < -0.3 is 9.88 Å². The Morgan fingerprint density at radius 3 is 2.52 bits per heavy atom. The maximum atomic E-state index is 13.2. The quantitative estimate of drug-likeness (QED) is 0.732. The van der Waals surface area contributed by atoms with Gasteiger partial charge in [0.25, 0.3) is 0 Å². The number of nitrogens with one attached hydrogen (secondary N) is 1. The molecule has 8 heteroatoms. The maximum Gasteiger partial charge on any atom is 0.226 e. The van der Waals surface area contributed by atoms with E-state index in [2.05, 4.69) is 20.3 Å². The van der Waals surface area contributed by atoms with E-state index in [4.69, 9.17) is 11.6 Å². The molecule has 0 atom stereocenters. The van der Waals surface area contributed by atoms with Crippen LogP contribution < -0.4 is 5.32 Å². The molecule has 0 saturated heterocycles. The Hall–Kier alpha value is -2.28. The lowest BCUT2D eigenvalue weighted by atomic mass is 10.2. The molecule has 2 heterocycles. The third-order valence-electron chi connectivity index (χ3n) is 3.33. The van der Waals surface area contributed by atoms with Crippen LogP contribution in [0.4, 0.5) is 14.6 Å². The van der Waals surface area contributed by atoms with Crippen molar-refractivity contribution in [2.24, 2.45) is 0 Å². The summed E-state index contributed by atoms with van der Waals surface area (Å²) in [4.78, 5) is 12.6. The molecule has 120 valence electrons. The third kappa shape index (κ3) is 3.24. The fourth-order valence-electron chi connectivity index (χ4n) is 2.29. The van der Waals surface area contributed by atoms with Gasteiger partial charge in [0.05, 0.1) is 6.33 Å². The van der Waals surface area contributed by atoms with E-state index in [0.717, 1.165) is 6.07 Å². The van der Waals surface area contributed by atoms with Gasteiger partial charge in [-0.3, -0.25) is 0 Å². The van der Waals surface area contributed by atoms with Crippen molar-refractivity contribution in [3.05, 3.63) is 47.0 Å². The molecule has 0 aliphatic heterocycles. The van der Waals surface area contributed by atoms with Crippen LogP contribution in [0.25, 0.3) is 11.2 Å². The number of rotatable bonds is 4. The first-order valence-electron chi connectivity index (χ1n) is 7.03. The predicted octanol–water partition coefficient (Wildman–Crippen LogP) is 3.95. The molecule has 0 aliphatic rings. The number of aromatic nitrogens is 4. The van der Waals surface area contributed by atoms with E-state index < -0.39 is 11.6 Å². The largest absolute Gasteiger partial charge is 0.364 e. The summed E-state index contributed by atoms with van der Waals surface area (Å²) in [6, 6.07) is 3.50. The Bertz CT molecular complexity index is 842. The topological polar surface area (TPSA) is 55.6 Å². The lowest BCUT2D eigenvalue weighted by Gasteiger charge is -2.09. The van der Waals surface area contributed by atoms with Crippen LogP contribution in [0.5, 0.6) is 0 Å². The smallest absolute Gasteiger partial charge is 0.226 e. The van der Waals surface area contributed by atoms with Gasteiger partial charge in [-0.2, -0.15) is 9.97 Å². The summed E-state index contributed by atoms with van der Waals surface area (Å²) in [5, 5.41) is 3.08. The second-order valence-electron chi connectivity index (χ2n) is 5.39. The van der Waals surface area contributed by atoms with E-state index in [1.54, 1.807) is 6.33 Å². The lowest BCUT2D eigenvalue weighted by Crippen LogP contribution is -2.05. The summed E-state index contributed by atoms with van der Waals surface area (Å²) in [6.45, 7) is 4.19. The summed E-state index contributed by atoms with van der Waals surface area (Å²) in [6.07, 6.45) is 1.66. The van der Waals surface area contributed by atoms with E-state index in [1.807, 2.05) is 18.4 Å². The van der Waals surface area contributed by atoms with Gasteiger partial charge in [-0.15, -0.1) is 0 Å². The van der Waals surface area contributed by atoms with E-state index in [0.29, 0.717) is 22.5 Å². The number of halogens is 3. The number of hydrogen-bond donors (Lipinski definition) is 1. The van der Waals surface area contributed by atoms with Gasteiger partial charge in [-0.05, 0) is 43.1 Å². The minimum atomic E-state index is -0.628. The SMILES string of the molecule is CC(C)n1cnc2c(NCc3cc(F)cc(F)c3)nc(Cl)nc21. The van der Waals surface area contributed by atoms with E-state index in [-0.39, 0.29) is 17.9 Å². The van der Waals surface area contributed by atoms with Crippen LogP contribution >= 0.6 is 11.6 Å². The molecule has 0 saturated carbocycles. The second-order valence-corrected chi connectivity index (χ2v) is 5.73. The molecule has 0 amide bonds. The Labute approximate surface area is 136 Å². The van der Waals surface area contributed by atoms with Crippen molar-refractivity contribution in [1.29, 1.82) is 0 Å². The molecule has 0 spiro atoms. The second kappa shape index (κ2) is 6.08. The van der Waals surface area contributed by atoms with Gasteiger partial charge in [0.15, 0.2) is 17.0 Å². The highest BCUT2D eigenvalue weighted by molar-refractivity contribution is 6.28. The molecule has 0 bridgehead atoms. The van der Waals surface area contributed by atoms with Crippen LogP contribution in [-0.2, 0) is 6.54 Å². The van der Waals surface area contributed by atoms with Crippen molar-refractivity contribution in [3.63, 3.8) is 0 Å². The Balaban J connectivity index is 1.93.